The first-order chi connectivity index (χ1) is 8.16. The van der Waals surface area contributed by atoms with Crippen LogP contribution in [-0.2, 0) is 0 Å². The Morgan fingerprint density at radius 2 is 2.00 bits per heavy atom. The minimum atomic E-state index is 0.491. The molecule has 2 aliphatic rings. The van der Waals surface area contributed by atoms with Gasteiger partial charge in [0.2, 0.25) is 0 Å². The van der Waals surface area contributed by atoms with Crippen molar-refractivity contribution in [2.75, 3.05) is 33.7 Å². The molecule has 2 fully saturated rings. The summed E-state index contributed by atoms with van der Waals surface area (Å²) in [7, 11) is 4.37. The second-order valence-corrected chi connectivity index (χ2v) is 6.24. The van der Waals surface area contributed by atoms with Crippen molar-refractivity contribution in [3.63, 3.8) is 0 Å². The van der Waals surface area contributed by atoms with E-state index in [1.54, 1.807) is 0 Å². The van der Waals surface area contributed by atoms with Crippen molar-refractivity contribution < 1.29 is 0 Å². The van der Waals surface area contributed by atoms with Crippen molar-refractivity contribution in [1.82, 2.24) is 9.80 Å². The summed E-state index contributed by atoms with van der Waals surface area (Å²) < 4.78 is 0. The van der Waals surface area contributed by atoms with Gasteiger partial charge in [-0.25, -0.2) is 0 Å². The van der Waals surface area contributed by atoms with Crippen LogP contribution in [0.5, 0.6) is 0 Å². The van der Waals surface area contributed by atoms with Gasteiger partial charge in [0.25, 0.3) is 0 Å². The van der Waals surface area contributed by atoms with E-state index in [-0.39, 0.29) is 0 Å². The largest absolute Gasteiger partial charge is 0.327 e. The van der Waals surface area contributed by atoms with Crippen LogP contribution >= 0.6 is 0 Å². The molecule has 100 valence electrons. The third-order valence-corrected chi connectivity index (χ3v) is 4.58. The molecule has 0 amide bonds. The van der Waals surface area contributed by atoms with E-state index in [1.165, 1.54) is 58.2 Å². The molecule has 0 aromatic heterocycles. The quantitative estimate of drug-likeness (QED) is 0.790. The van der Waals surface area contributed by atoms with Crippen molar-refractivity contribution >= 4 is 0 Å². The minimum Gasteiger partial charge on any atom is -0.327 e. The molecule has 3 heteroatoms. The maximum absolute atomic E-state index is 6.15. The average molecular weight is 239 g/mol. The van der Waals surface area contributed by atoms with Gasteiger partial charge in [-0.05, 0) is 65.2 Å². The van der Waals surface area contributed by atoms with Crippen molar-refractivity contribution in [3.8, 4) is 0 Å². The number of hydrogen-bond donors (Lipinski definition) is 1. The van der Waals surface area contributed by atoms with E-state index in [9.17, 15) is 0 Å². The van der Waals surface area contributed by atoms with E-state index in [2.05, 4.69) is 23.9 Å². The van der Waals surface area contributed by atoms with E-state index in [0.717, 1.165) is 12.0 Å². The lowest BCUT2D eigenvalue weighted by molar-refractivity contribution is 0.194. The van der Waals surface area contributed by atoms with Gasteiger partial charge in [0.1, 0.15) is 0 Å². The zero-order valence-electron chi connectivity index (χ0n) is 11.6. The first-order valence-corrected chi connectivity index (χ1v) is 7.31. The van der Waals surface area contributed by atoms with Crippen molar-refractivity contribution in [1.29, 1.82) is 0 Å². The standard InChI is InChI=1S/C14H29N3/c1-16(2)11-13-6-4-9-17(13)10-8-12-5-3-7-14(12)15/h12-14H,3-11,15H2,1-2H3. The number of likely N-dealkylation sites (N-methyl/N-ethyl adjacent to an activating group) is 1. The predicted octanol–water partition coefficient (Wildman–Crippen LogP) is 1.53. The molecule has 0 aromatic rings. The van der Waals surface area contributed by atoms with Gasteiger partial charge >= 0.3 is 0 Å². The molecule has 0 radical (unpaired) electrons. The zero-order chi connectivity index (χ0) is 12.3. The summed E-state index contributed by atoms with van der Waals surface area (Å²) in [4.78, 5) is 5.02. The Balaban J connectivity index is 1.73. The van der Waals surface area contributed by atoms with Gasteiger partial charge in [-0.3, -0.25) is 4.90 Å². The third kappa shape index (κ3) is 3.67. The van der Waals surface area contributed by atoms with Gasteiger partial charge in [0.05, 0.1) is 0 Å². The summed E-state index contributed by atoms with van der Waals surface area (Å²) in [5.74, 6) is 0.801. The zero-order valence-corrected chi connectivity index (χ0v) is 11.6. The summed E-state index contributed by atoms with van der Waals surface area (Å²) in [5, 5.41) is 0. The van der Waals surface area contributed by atoms with Crippen LogP contribution in [0.1, 0.15) is 38.5 Å². The van der Waals surface area contributed by atoms with Crippen molar-refractivity contribution in [3.05, 3.63) is 0 Å². The first kappa shape index (κ1) is 13.3. The summed E-state index contributed by atoms with van der Waals surface area (Å²) in [6.07, 6.45) is 8.07. The summed E-state index contributed by atoms with van der Waals surface area (Å²) in [6.45, 7) is 3.80. The fraction of sp³-hybridized carbons (Fsp3) is 1.00. The molecule has 1 saturated heterocycles. The Morgan fingerprint density at radius 3 is 2.65 bits per heavy atom. The van der Waals surface area contributed by atoms with E-state index in [0.29, 0.717) is 6.04 Å². The maximum Gasteiger partial charge on any atom is 0.0223 e. The molecule has 2 N–H and O–H groups in total. The van der Waals surface area contributed by atoms with Gasteiger partial charge in [0, 0.05) is 18.6 Å². The molecule has 3 nitrogen and oxygen atoms in total. The summed E-state index contributed by atoms with van der Waals surface area (Å²) >= 11 is 0. The van der Waals surface area contributed by atoms with Crippen LogP contribution in [0.2, 0.25) is 0 Å². The molecule has 1 heterocycles. The molecular weight excluding hydrogens is 210 g/mol. The van der Waals surface area contributed by atoms with Crippen LogP contribution < -0.4 is 5.73 Å². The topological polar surface area (TPSA) is 32.5 Å². The molecule has 1 aliphatic carbocycles. The number of likely N-dealkylation sites (tertiary alicyclic amines) is 1. The summed E-state index contributed by atoms with van der Waals surface area (Å²) in [6, 6.07) is 1.28. The Bertz CT molecular complexity index is 230. The second kappa shape index (κ2) is 6.17. The lowest BCUT2D eigenvalue weighted by Crippen LogP contribution is -2.39. The lowest BCUT2D eigenvalue weighted by Gasteiger charge is -2.28. The average Bonchev–Trinajstić information content (AvgIpc) is 2.84. The molecule has 3 unspecified atom stereocenters. The van der Waals surface area contributed by atoms with Gasteiger partial charge < -0.3 is 10.6 Å². The monoisotopic (exact) mass is 239 g/mol. The highest BCUT2D eigenvalue weighted by atomic mass is 15.2. The van der Waals surface area contributed by atoms with Crippen LogP contribution in [-0.4, -0.2) is 55.6 Å². The van der Waals surface area contributed by atoms with Gasteiger partial charge in [-0.2, -0.15) is 0 Å². The molecule has 2 rings (SSSR count). The minimum absolute atomic E-state index is 0.491. The molecule has 1 aliphatic heterocycles. The van der Waals surface area contributed by atoms with Gasteiger partial charge in [0.15, 0.2) is 0 Å². The van der Waals surface area contributed by atoms with E-state index in [1.807, 2.05) is 0 Å². The highest BCUT2D eigenvalue weighted by molar-refractivity contribution is 4.85. The maximum atomic E-state index is 6.15. The number of hydrogen-bond acceptors (Lipinski definition) is 3. The number of rotatable bonds is 5. The SMILES string of the molecule is CN(C)CC1CCCN1CCC1CCCC1N. The fourth-order valence-corrected chi connectivity index (χ4v) is 3.57. The Hall–Kier alpha value is -0.120. The molecular formula is C14H29N3. The van der Waals surface area contributed by atoms with Gasteiger partial charge in [-0.1, -0.05) is 6.42 Å². The molecule has 0 bridgehead atoms. The molecule has 0 spiro atoms. The third-order valence-electron chi connectivity index (χ3n) is 4.58. The van der Waals surface area contributed by atoms with Gasteiger partial charge in [-0.15, -0.1) is 0 Å². The van der Waals surface area contributed by atoms with Crippen molar-refractivity contribution in [2.24, 2.45) is 11.7 Å². The highest BCUT2D eigenvalue weighted by Crippen LogP contribution is 2.28. The lowest BCUT2D eigenvalue weighted by atomic mass is 10.00. The summed E-state index contributed by atoms with van der Waals surface area (Å²) in [5.41, 5.74) is 6.15. The predicted molar refractivity (Wildman–Crippen MR) is 73.1 cm³/mol. The first-order valence-electron chi connectivity index (χ1n) is 7.31. The van der Waals surface area contributed by atoms with E-state index < -0.39 is 0 Å². The highest BCUT2D eigenvalue weighted by Gasteiger charge is 2.28. The normalized spacial score (nSPS) is 34.9. The Morgan fingerprint density at radius 1 is 1.18 bits per heavy atom. The second-order valence-electron chi connectivity index (χ2n) is 6.24. The van der Waals surface area contributed by atoms with Crippen LogP contribution in [0, 0.1) is 5.92 Å². The van der Waals surface area contributed by atoms with Crippen LogP contribution in [0.3, 0.4) is 0 Å². The van der Waals surface area contributed by atoms with Crippen LogP contribution in [0.25, 0.3) is 0 Å². The number of nitrogens with zero attached hydrogens (tertiary/aromatic N) is 2. The Labute approximate surface area is 106 Å². The molecule has 0 aromatic carbocycles. The van der Waals surface area contributed by atoms with Crippen LogP contribution in [0.4, 0.5) is 0 Å². The number of nitrogens with two attached hydrogens (primary N) is 1. The Kier molecular flexibility index (Phi) is 4.83. The molecule has 17 heavy (non-hydrogen) atoms. The smallest absolute Gasteiger partial charge is 0.0223 e. The van der Waals surface area contributed by atoms with E-state index >= 15 is 0 Å². The molecule has 1 saturated carbocycles. The van der Waals surface area contributed by atoms with E-state index in [4.69, 9.17) is 5.73 Å². The van der Waals surface area contributed by atoms with Crippen molar-refractivity contribution in [2.45, 2.75) is 50.6 Å². The molecule has 3 atom stereocenters. The fourth-order valence-electron chi connectivity index (χ4n) is 3.57. The van der Waals surface area contributed by atoms with Crippen LogP contribution in [0.15, 0.2) is 0 Å².